The van der Waals surface area contributed by atoms with Gasteiger partial charge < -0.3 is 9.84 Å². The van der Waals surface area contributed by atoms with Gasteiger partial charge in [-0.25, -0.2) is 13.4 Å². The summed E-state index contributed by atoms with van der Waals surface area (Å²) in [4.78, 5) is 19.0. The topological polar surface area (TPSA) is 170 Å². The Balaban J connectivity index is 2.01. The van der Waals surface area contributed by atoms with Crippen LogP contribution in [0.3, 0.4) is 0 Å². The highest BCUT2D eigenvalue weighted by Crippen LogP contribution is 2.38. The van der Waals surface area contributed by atoms with Crippen molar-refractivity contribution in [3.05, 3.63) is 40.5 Å². The predicted octanol–water partition coefficient (Wildman–Crippen LogP) is 2.37. The van der Waals surface area contributed by atoms with E-state index in [4.69, 9.17) is 4.52 Å². The van der Waals surface area contributed by atoms with Crippen LogP contribution in [0.15, 0.2) is 33.9 Å². The minimum absolute atomic E-state index is 0.127. The van der Waals surface area contributed by atoms with Crippen LogP contribution in [-0.2, 0) is 9.84 Å². The van der Waals surface area contributed by atoms with Crippen LogP contribution >= 0.6 is 0 Å². The summed E-state index contributed by atoms with van der Waals surface area (Å²) in [5.41, 5.74) is -0.743. The molecule has 3 rings (SSSR count). The third-order valence-electron chi connectivity index (χ3n) is 4.08. The Labute approximate surface area is 165 Å². The Morgan fingerprint density at radius 1 is 1.31 bits per heavy atom. The second kappa shape index (κ2) is 7.24. The van der Waals surface area contributed by atoms with E-state index in [0.717, 1.165) is 12.3 Å². The van der Waals surface area contributed by atoms with E-state index in [0.29, 0.717) is 5.82 Å². The van der Waals surface area contributed by atoms with Gasteiger partial charge in [0, 0.05) is 12.3 Å². The van der Waals surface area contributed by atoms with Gasteiger partial charge in [-0.3, -0.25) is 15.2 Å². The van der Waals surface area contributed by atoms with Crippen molar-refractivity contribution in [2.24, 2.45) is 5.41 Å². The first-order valence-corrected chi connectivity index (χ1v) is 10.3. The van der Waals surface area contributed by atoms with Crippen molar-refractivity contribution in [2.45, 2.75) is 31.7 Å². The Kier molecular flexibility index (Phi) is 5.09. The standard InChI is InChI=1S/C16H19N7O5S/c1-16(2,3)12(15-20-14(22-28-15)13-17-8-18-21-13)19-10-6-5-9(29(4,26)27)7-11(10)23(24)25/h5-8,12,19H,1-4H3,(H,17,18,21)/t12-/m0/s1. The molecule has 0 aliphatic carbocycles. The van der Waals surface area contributed by atoms with Gasteiger partial charge in [-0.15, -0.1) is 0 Å². The van der Waals surface area contributed by atoms with Crippen LogP contribution in [0, 0.1) is 15.5 Å². The number of H-pyrrole nitrogens is 1. The van der Waals surface area contributed by atoms with E-state index < -0.39 is 26.2 Å². The molecule has 12 nitrogen and oxygen atoms in total. The maximum absolute atomic E-state index is 11.7. The van der Waals surface area contributed by atoms with Gasteiger partial charge in [0.25, 0.3) is 5.69 Å². The molecular weight excluding hydrogens is 402 g/mol. The van der Waals surface area contributed by atoms with Crippen molar-refractivity contribution >= 4 is 21.2 Å². The molecular formula is C16H19N7O5S. The quantitative estimate of drug-likeness (QED) is 0.445. The third-order valence-corrected chi connectivity index (χ3v) is 5.19. The Hall–Kier alpha value is -3.35. The molecule has 29 heavy (non-hydrogen) atoms. The van der Waals surface area contributed by atoms with Crippen LogP contribution < -0.4 is 5.32 Å². The highest BCUT2D eigenvalue weighted by molar-refractivity contribution is 7.90. The lowest BCUT2D eigenvalue weighted by Crippen LogP contribution is -2.26. The largest absolute Gasteiger partial charge is 0.368 e. The Morgan fingerprint density at radius 3 is 2.59 bits per heavy atom. The van der Waals surface area contributed by atoms with Crippen LogP contribution in [0.4, 0.5) is 11.4 Å². The first-order valence-electron chi connectivity index (χ1n) is 8.41. The first-order chi connectivity index (χ1) is 13.5. The smallest absolute Gasteiger partial charge is 0.293 e. The van der Waals surface area contributed by atoms with Crippen molar-refractivity contribution in [2.75, 3.05) is 11.6 Å². The van der Waals surface area contributed by atoms with E-state index >= 15 is 0 Å². The zero-order valence-corrected chi connectivity index (χ0v) is 16.9. The van der Waals surface area contributed by atoms with Crippen molar-refractivity contribution in [1.29, 1.82) is 0 Å². The SMILES string of the molecule is CC(C)(C)[C@@H](Nc1ccc(S(C)(=O)=O)cc1[N+](=O)[O-])c1nc(-c2ncn[nH]2)no1. The number of rotatable bonds is 6. The molecule has 0 bridgehead atoms. The minimum atomic E-state index is -3.60. The van der Waals surface area contributed by atoms with E-state index in [1.807, 2.05) is 20.8 Å². The lowest BCUT2D eigenvalue weighted by atomic mass is 9.86. The maximum Gasteiger partial charge on any atom is 0.293 e. The van der Waals surface area contributed by atoms with Gasteiger partial charge in [0.2, 0.25) is 11.7 Å². The van der Waals surface area contributed by atoms with E-state index in [2.05, 4.69) is 30.6 Å². The summed E-state index contributed by atoms with van der Waals surface area (Å²) in [5.74, 6) is 0.692. The number of aromatic amines is 1. The van der Waals surface area contributed by atoms with E-state index in [9.17, 15) is 18.5 Å². The van der Waals surface area contributed by atoms with E-state index in [1.54, 1.807) is 0 Å². The molecule has 0 radical (unpaired) electrons. The van der Waals surface area contributed by atoms with Gasteiger partial charge in [0.15, 0.2) is 15.7 Å². The first kappa shape index (κ1) is 20.4. The number of nitrogens with zero attached hydrogens (tertiary/aromatic N) is 5. The number of sulfone groups is 1. The molecule has 0 aliphatic heterocycles. The lowest BCUT2D eigenvalue weighted by molar-refractivity contribution is -0.384. The average molecular weight is 421 g/mol. The number of anilines is 1. The summed E-state index contributed by atoms with van der Waals surface area (Å²) < 4.78 is 28.8. The maximum atomic E-state index is 11.7. The number of nitro groups is 1. The van der Waals surface area contributed by atoms with Crippen LogP contribution in [0.2, 0.25) is 0 Å². The lowest BCUT2D eigenvalue weighted by Gasteiger charge is -2.29. The monoisotopic (exact) mass is 421 g/mol. The molecule has 1 atom stereocenters. The van der Waals surface area contributed by atoms with Crippen LogP contribution in [-0.4, -0.2) is 44.9 Å². The van der Waals surface area contributed by atoms with Gasteiger partial charge in [0.1, 0.15) is 18.1 Å². The van der Waals surface area contributed by atoms with Crippen molar-refractivity contribution in [1.82, 2.24) is 25.3 Å². The molecule has 0 saturated heterocycles. The number of hydrogen-bond acceptors (Lipinski definition) is 10. The number of nitro benzene ring substituents is 1. The zero-order valence-electron chi connectivity index (χ0n) is 16.1. The molecule has 0 amide bonds. The fourth-order valence-electron chi connectivity index (χ4n) is 2.58. The van der Waals surface area contributed by atoms with Crippen molar-refractivity contribution < 1.29 is 17.9 Å². The molecule has 0 unspecified atom stereocenters. The minimum Gasteiger partial charge on any atom is -0.368 e. The zero-order chi connectivity index (χ0) is 21.4. The van der Waals surface area contributed by atoms with Crippen LogP contribution in [0.5, 0.6) is 0 Å². The van der Waals surface area contributed by atoms with E-state index in [1.165, 1.54) is 18.5 Å². The Morgan fingerprint density at radius 2 is 2.03 bits per heavy atom. The molecule has 13 heteroatoms. The fourth-order valence-corrected chi connectivity index (χ4v) is 3.22. The summed E-state index contributed by atoms with van der Waals surface area (Å²) in [5, 5.41) is 24.8. The Bertz CT molecular complexity index is 1130. The number of aromatic nitrogens is 5. The molecule has 2 heterocycles. The summed E-state index contributed by atoms with van der Waals surface area (Å²) in [6.45, 7) is 5.67. The highest BCUT2D eigenvalue weighted by Gasteiger charge is 2.33. The average Bonchev–Trinajstić information content (AvgIpc) is 3.28. The van der Waals surface area contributed by atoms with Crippen LogP contribution in [0.25, 0.3) is 11.6 Å². The van der Waals surface area contributed by atoms with Gasteiger partial charge in [-0.05, 0) is 17.5 Å². The molecule has 2 aromatic heterocycles. The van der Waals surface area contributed by atoms with Gasteiger partial charge in [-0.1, -0.05) is 25.9 Å². The van der Waals surface area contributed by atoms with Gasteiger partial charge in [0.05, 0.1) is 9.82 Å². The molecule has 0 aliphatic rings. The molecule has 2 N–H and O–H groups in total. The second-order valence-corrected chi connectivity index (χ2v) is 9.46. The summed E-state index contributed by atoms with van der Waals surface area (Å²) in [6.07, 6.45) is 2.29. The fraction of sp³-hybridized carbons (Fsp3) is 0.375. The molecule has 0 fully saturated rings. The molecule has 3 aromatic rings. The second-order valence-electron chi connectivity index (χ2n) is 7.44. The molecule has 0 spiro atoms. The van der Waals surface area contributed by atoms with Gasteiger partial charge >= 0.3 is 0 Å². The number of benzene rings is 1. The van der Waals surface area contributed by atoms with E-state index in [-0.39, 0.29) is 28.0 Å². The number of hydrogen-bond donors (Lipinski definition) is 2. The summed E-state index contributed by atoms with van der Waals surface area (Å²) in [7, 11) is -3.60. The number of nitrogens with one attached hydrogen (secondary N) is 2. The van der Waals surface area contributed by atoms with Gasteiger partial charge in [-0.2, -0.15) is 10.1 Å². The molecule has 0 saturated carbocycles. The van der Waals surface area contributed by atoms with Crippen molar-refractivity contribution in [3.63, 3.8) is 0 Å². The molecule has 154 valence electrons. The third kappa shape index (κ3) is 4.39. The summed E-state index contributed by atoms with van der Waals surface area (Å²) in [6, 6.07) is 3.05. The summed E-state index contributed by atoms with van der Waals surface area (Å²) >= 11 is 0. The van der Waals surface area contributed by atoms with Crippen molar-refractivity contribution in [3.8, 4) is 11.6 Å². The highest BCUT2D eigenvalue weighted by atomic mass is 32.2. The molecule has 1 aromatic carbocycles. The normalized spacial score (nSPS) is 13.2. The van der Waals surface area contributed by atoms with Crippen LogP contribution in [0.1, 0.15) is 32.7 Å². The predicted molar refractivity (Wildman–Crippen MR) is 102 cm³/mol.